The van der Waals surface area contributed by atoms with Crippen molar-refractivity contribution in [3.05, 3.63) is 64.7 Å². The standard InChI is InChI=1S/C16H8F3NO3.C2H6OS/c17-16(18,19)15(23)20-8-5-6-11-12(7-8)14(22)10-4-2-1-3-9(10)13(11)21;1-4(2)3/h1-7H,(H,20,23);1-2H3. The number of ketones is 2. The van der Waals surface area contributed by atoms with Crippen LogP contribution in [0.5, 0.6) is 0 Å². The molecule has 0 heterocycles. The first-order valence-corrected chi connectivity index (χ1v) is 9.44. The van der Waals surface area contributed by atoms with Gasteiger partial charge in [-0.15, -0.1) is 0 Å². The van der Waals surface area contributed by atoms with Crippen LogP contribution in [0.15, 0.2) is 42.5 Å². The molecule has 9 heteroatoms. The summed E-state index contributed by atoms with van der Waals surface area (Å²) in [4.78, 5) is 35.7. The monoisotopic (exact) mass is 397 g/mol. The van der Waals surface area contributed by atoms with Gasteiger partial charge in [0, 0.05) is 51.3 Å². The molecule has 0 atom stereocenters. The molecule has 0 fully saturated rings. The minimum Gasteiger partial charge on any atom is -0.318 e. The van der Waals surface area contributed by atoms with Gasteiger partial charge in [0.2, 0.25) is 0 Å². The lowest BCUT2D eigenvalue weighted by Crippen LogP contribution is -2.30. The Morgan fingerprint density at radius 2 is 1.33 bits per heavy atom. The number of hydrogen-bond donors (Lipinski definition) is 1. The summed E-state index contributed by atoms with van der Waals surface area (Å²) >= 11 is 0. The van der Waals surface area contributed by atoms with E-state index in [-0.39, 0.29) is 33.7 Å². The lowest BCUT2D eigenvalue weighted by Gasteiger charge is -2.18. The van der Waals surface area contributed by atoms with Crippen molar-refractivity contribution in [1.82, 2.24) is 0 Å². The zero-order valence-electron chi connectivity index (χ0n) is 14.2. The van der Waals surface area contributed by atoms with Gasteiger partial charge in [-0.25, -0.2) is 0 Å². The first-order valence-electron chi connectivity index (χ1n) is 7.48. The fourth-order valence-electron chi connectivity index (χ4n) is 2.38. The van der Waals surface area contributed by atoms with Gasteiger partial charge in [-0.05, 0) is 18.2 Å². The number of fused-ring (bicyclic) bond motifs is 2. The largest absolute Gasteiger partial charge is 0.471 e. The van der Waals surface area contributed by atoms with Crippen molar-refractivity contribution in [3.63, 3.8) is 0 Å². The highest BCUT2D eigenvalue weighted by Gasteiger charge is 2.39. The van der Waals surface area contributed by atoms with Crippen molar-refractivity contribution < 1.29 is 31.8 Å². The minimum absolute atomic E-state index is 0.0336. The second kappa shape index (κ2) is 7.83. The number of carbonyl (C=O) groups is 3. The zero-order chi connectivity index (χ0) is 20.4. The number of anilines is 1. The number of nitrogens with one attached hydrogen (secondary N) is 1. The maximum Gasteiger partial charge on any atom is 0.471 e. The molecule has 0 spiro atoms. The van der Waals surface area contributed by atoms with Gasteiger partial charge >= 0.3 is 12.1 Å². The molecule has 0 bridgehead atoms. The molecule has 1 N–H and O–H groups in total. The van der Waals surface area contributed by atoms with Crippen molar-refractivity contribution in [3.8, 4) is 0 Å². The fourth-order valence-corrected chi connectivity index (χ4v) is 2.38. The van der Waals surface area contributed by atoms with E-state index < -0.39 is 28.7 Å². The summed E-state index contributed by atoms with van der Waals surface area (Å²) < 4.78 is 46.4. The molecule has 5 nitrogen and oxygen atoms in total. The number of carbonyl (C=O) groups excluding carboxylic acids is 3. The summed E-state index contributed by atoms with van der Waals surface area (Å²) in [6.07, 6.45) is -1.76. The van der Waals surface area contributed by atoms with Gasteiger partial charge in [-0.2, -0.15) is 13.2 Å². The van der Waals surface area contributed by atoms with Gasteiger partial charge in [0.05, 0.1) is 0 Å². The second-order valence-electron chi connectivity index (χ2n) is 5.66. The molecule has 1 aliphatic rings. The summed E-state index contributed by atoms with van der Waals surface area (Å²) in [5.41, 5.74) is 0.292. The normalized spacial score (nSPS) is 12.7. The summed E-state index contributed by atoms with van der Waals surface area (Å²) in [6.45, 7) is 0. The molecule has 0 saturated heterocycles. The van der Waals surface area contributed by atoms with Crippen LogP contribution in [0.4, 0.5) is 18.9 Å². The maximum absolute atomic E-state index is 12.4. The van der Waals surface area contributed by atoms with E-state index in [2.05, 4.69) is 0 Å². The molecule has 27 heavy (non-hydrogen) atoms. The van der Waals surface area contributed by atoms with Crippen molar-refractivity contribution in [1.29, 1.82) is 0 Å². The van der Waals surface area contributed by atoms with E-state index in [1.54, 1.807) is 30.0 Å². The van der Waals surface area contributed by atoms with E-state index in [0.717, 1.165) is 12.1 Å². The highest BCUT2D eigenvalue weighted by atomic mass is 32.2. The van der Waals surface area contributed by atoms with Crippen LogP contribution in [0.3, 0.4) is 0 Å². The minimum atomic E-state index is -5.04. The van der Waals surface area contributed by atoms with Crippen LogP contribution in [0, 0.1) is 0 Å². The Labute approximate surface area is 155 Å². The highest BCUT2D eigenvalue weighted by Crippen LogP contribution is 2.29. The number of rotatable bonds is 1. The molecular weight excluding hydrogens is 383 g/mol. The Balaban J connectivity index is 0.000000596. The number of alkyl halides is 3. The maximum atomic E-state index is 12.4. The number of halogens is 3. The van der Waals surface area contributed by atoms with Gasteiger partial charge in [0.1, 0.15) is 0 Å². The van der Waals surface area contributed by atoms with Crippen molar-refractivity contribution in [2.75, 3.05) is 17.8 Å². The van der Waals surface area contributed by atoms with Gasteiger partial charge in [0.15, 0.2) is 11.6 Å². The molecule has 2 aromatic rings. The molecule has 0 saturated carbocycles. The van der Waals surface area contributed by atoms with Crippen molar-refractivity contribution >= 4 is 34.0 Å². The Kier molecular flexibility index (Phi) is 5.94. The van der Waals surface area contributed by atoms with Gasteiger partial charge < -0.3 is 5.32 Å². The molecule has 1 aliphatic carbocycles. The summed E-state index contributed by atoms with van der Waals surface area (Å²) in [7, 11) is -0.611. The van der Waals surface area contributed by atoms with Crippen LogP contribution >= 0.6 is 0 Å². The molecular formula is C18H14F3NO4S. The van der Waals surface area contributed by atoms with Gasteiger partial charge in [-0.1, -0.05) is 24.3 Å². The smallest absolute Gasteiger partial charge is 0.318 e. The third kappa shape index (κ3) is 4.68. The fraction of sp³-hybridized carbons (Fsp3) is 0.167. The Bertz CT molecular complexity index is 950. The molecule has 0 aromatic heterocycles. The summed E-state index contributed by atoms with van der Waals surface area (Å²) in [6, 6.07) is 9.66. The second-order valence-corrected chi connectivity index (χ2v) is 7.14. The number of amides is 1. The molecule has 1 amide bonds. The Morgan fingerprint density at radius 1 is 0.889 bits per heavy atom. The first-order chi connectivity index (χ1) is 12.5. The lowest BCUT2D eigenvalue weighted by molar-refractivity contribution is -0.167. The van der Waals surface area contributed by atoms with Crippen molar-refractivity contribution in [2.45, 2.75) is 6.18 Å². The summed E-state index contributed by atoms with van der Waals surface area (Å²) in [5.74, 6) is -3.00. The Hall–Kier alpha value is -2.81. The Morgan fingerprint density at radius 3 is 1.81 bits per heavy atom. The molecule has 0 radical (unpaired) electrons. The van der Waals surface area contributed by atoms with E-state index in [1.807, 2.05) is 0 Å². The van der Waals surface area contributed by atoms with Gasteiger partial charge in [0.25, 0.3) is 0 Å². The topological polar surface area (TPSA) is 80.3 Å². The predicted molar refractivity (Wildman–Crippen MR) is 94.4 cm³/mol. The number of benzene rings is 2. The van der Waals surface area contributed by atoms with E-state index >= 15 is 0 Å². The van der Waals surface area contributed by atoms with Crippen LogP contribution in [-0.4, -0.2) is 40.4 Å². The third-order valence-corrected chi connectivity index (χ3v) is 3.44. The number of hydrogen-bond acceptors (Lipinski definition) is 4. The van der Waals surface area contributed by atoms with E-state index in [9.17, 15) is 31.8 Å². The molecule has 0 aliphatic heterocycles. The highest BCUT2D eigenvalue weighted by molar-refractivity contribution is 7.83. The zero-order valence-corrected chi connectivity index (χ0v) is 15.0. The van der Waals surface area contributed by atoms with Crippen LogP contribution in [0.25, 0.3) is 0 Å². The summed E-state index contributed by atoms with van der Waals surface area (Å²) in [5, 5.41) is 1.66. The van der Waals surface area contributed by atoms with Crippen LogP contribution in [0.2, 0.25) is 0 Å². The average molecular weight is 397 g/mol. The van der Waals surface area contributed by atoms with E-state index in [0.29, 0.717) is 0 Å². The predicted octanol–water partition coefficient (Wildman–Crippen LogP) is 2.96. The molecule has 142 valence electrons. The molecule has 0 unspecified atom stereocenters. The van der Waals surface area contributed by atoms with E-state index in [1.165, 1.54) is 18.2 Å². The molecule has 3 rings (SSSR count). The van der Waals surface area contributed by atoms with Crippen LogP contribution < -0.4 is 5.32 Å². The molecule has 2 aromatic carbocycles. The first kappa shape index (κ1) is 20.5. The lowest BCUT2D eigenvalue weighted by atomic mass is 9.84. The van der Waals surface area contributed by atoms with Gasteiger partial charge in [-0.3, -0.25) is 18.6 Å². The van der Waals surface area contributed by atoms with Crippen molar-refractivity contribution in [2.24, 2.45) is 0 Å². The van der Waals surface area contributed by atoms with E-state index in [4.69, 9.17) is 0 Å². The average Bonchev–Trinajstić information content (AvgIpc) is 2.58. The van der Waals surface area contributed by atoms with Crippen LogP contribution in [-0.2, 0) is 15.6 Å². The SMILES string of the molecule is CS(C)=O.O=C1c2ccccc2C(=O)c2cc(NC(=O)C(F)(F)F)ccc21. The quantitative estimate of drug-likeness (QED) is 0.685. The van der Waals surface area contributed by atoms with Crippen LogP contribution in [0.1, 0.15) is 31.8 Å². The third-order valence-electron chi connectivity index (χ3n) is 3.44.